The van der Waals surface area contributed by atoms with Crippen LogP contribution >= 0.6 is 23.2 Å². The van der Waals surface area contributed by atoms with Crippen molar-refractivity contribution in [2.45, 2.75) is 0 Å². The van der Waals surface area contributed by atoms with Crippen LogP contribution in [0.25, 0.3) is 6.08 Å². The third-order valence-corrected chi connectivity index (χ3v) is 3.65. The highest BCUT2D eigenvalue weighted by Gasteiger charge is 2.10. The number of amides is 1. The number of carbonyl (C=O) groups excluding carboxylic acids is 1. The molecule has 0 spiro atoms. The number of non-ortho nitro benzene ring substituents is 1. The molecule has 2 aromatic rings. The van der Waals surface area contributed by atoms with Gasteiger partial charge in [-0.25, -0.2) is 5.43 Å². The van der Waals surface area contributed by atoms with Gasteiger partial charge in [0.05, 0.1) is 16.2 Å². The molecule has 0 saturated carbocycles. The minimum Gasteiger partial charge on any atom is -0.267 e. The Labute approximate surface area is 158 Å². The molecule has 0 aliphatic heterocycles. The molecule has 7 nitrogen and oxygen atoms in total. The van der Waals surface area contributed by atoms with Gasteiger partial charge in [0.25, 0.3) is 11.6 Å². The molecule has 2 aromatic carbocycles. The van der Waals surface area contributed by atoms with Crippen molar-refractivity contribution in [3.63, 3.8) is 0 Å². The zero-order chi connectivity index (χ0) is 19.1. The van der Waals surface area contributed by atoms with Gasteiger partial charge in [0.2, 0.25) is 0 Å². The van der Waals surface area contributed by atoms with E-state index < -0.39 is 10.8 Å². The molecule has 0 aromatic heterocycles. The fourth-order valence-electron chi connectivity index (χ4n) is 1.87. The lowest BCUT2D eigenvalue weighted by molar-refractivity contribution is -0.384. The lowest BCUT2D eigenvalue weighted by Gasteiger charge is -2.00. The molecule has 1 N–H and O–H groups in total. The number of halogens is 2. The molecule has 0 atom stereocenters. The van der Waals surface area contributed by atoms with E-state index in [0.29, 0.717) is 21.2 Å². The minimum absolute atomic E-state index is 0.146. The Morgan fingerprint density at radius 2 is 2.04 bits per heavy atom. The summed E-state index contributed by atoms with van der Waals surface area (Å²) in [7, 11) is 0. The first kappa shape index (κ1) is 19.1. The first-order valence-corrected chi connectivity index (χ1v) is 7.81. The van der Waals surface area contributed by atoms with Crippen LogP contribution in [0.4, 0.5) is 5.69 Å². The maximum Gasteiger partial charge on any atom is 0.282 e. The highest BCUT2D eigenvalue weighted by molar-refractivity contribution is 6.36. The summed E-state index contributed by atoms with van der Waals surface area (Å²) in [5, 5.41) is 24.4. The highest BCUT2D eigenvalue weighted by atomic mass is 35.5. The van der Waals surface area contributed by atoms with Gasteiger partial charge in [0.15, 0.2) is 0 Å². The van der Waals surface area contributed by atoms with E-state index in [-0.39, 0.29) is 11.3 Å². The molecule has 0 aliphatic carbocycles. The van der Waals surface area contributed by atoms with Crippen molar-refractivity contribution in [2.75, 3.05) is 0 Å². The van der Waals surface area contributed by atoms with E-state index in [1.807, 2.05) is 0 Å². The van der Waals surface area contributed by atoms with E-state index in [4.69, 9.17) is 28.5 Å². The number of benzene rings is 2. The molecule has 1 amide bonds. The topological polar surface area (TPSA) is 108 Å². The molecule has 0 saturated heterocycles. The Hall–Kier alpha value is -3.21. The van der Waals surface area contributed by atoms with Crippen molar-refractivity contribution >= 4 is 47.1 Å². The Kier molecular flexibility index (Phi) is 6.44. The number of nitrogens with zero attached hydrogens (tertiary/aromatic N) is 3. The van der Waals surface area contributed by atoms with Gasteiger partial charge in [0.1, 0.15) is 11.6 Å². The Morgan fingerprint density at radius 1 is 1.27 bits per heavy atom. The predicted octanol–water partition coefficient (Wildman–Crippen LogP) is 3.96. The second kappa shape index (κ2) is 8.76. The van der Waals surface area contributed by atoms with Gasteiger partial charge in [-0.1, -0.05) is 41.4 Å². The molecule has 130 valence electrons. The fourth-order valence-corrected chi connectivity index (χ4v) is 2.33. The fraction of sp³-hybridized carbons (Fsp3) is 0. The summed E-state index contributed by atoms with van der Waals surface area (Å²) in [6, 6.07) is 12.0. The second-order valence-corrected chi connectivity index (χ2v) is 5.73. The van der Waals surface area contributed by atoms with Gasteiger partial charge >= 0.3 is 0 Å². The first-order valence-electron chi connectivity index (χ1n) is 7.05. The zero-order valence-electron chi connectivity index (χ0n) is 13.0. The van der Waals surface area contributed by atoms with Gasteiger partial charge in [-0.15, -0.1) is 0 Å². The lowest BCUT2D eigenvalue weighted by atomic mass is 10.1. The van der Waals surface area contributed by atoms with Crippen LogP contribution in [0.3, 0.4) is 0 Å². The third kappa shape index (κ3) is 5.14. The summed E-state index contributed by atoms with van der Waals surface area (Å²) in [5.41, 5.74) is 2.66. The number of hydrazone groups is 1. The molecule has 0 heterocycles. The largest absolute Gasteiger partial charge is 0.282 e. The summed E-state index contributed by atoms with van der Waals surface area (Å²) in [4.78, 5) is 22.2. The van der Waals surface area contributed by atoms with Crippen molar-refractivity contribution < 1.29 is 9.72 Å². The molecule has 0 fully saturated rings. The van der Waals surface area contributed by atoms with E-state index in [0.717, 1.165) is 0 Å². The first-order chi connectivity index (χ1) is 12.4. The quantitative estimate of drug-likeness (QED) is 0.274. The number of carbonyl (C=O) groups is 1. The number of hydrogen-bond acceptors (Lipinski definition) is 5. The molecule has 2 rings (SSSR count). The second-order valence-electron chi connectivity index (χ2n) is 4.89. The van der Waals surface area contributed by atoms with Gasteiger partial charge < -0.3 is 0 Å². The standard InChI is InChI=1S/C17H10Cl2N4O3/c18-14-5-4-12(16(19)8-14)10-21-22-17(24)13(9-20)6-11-2-1-3-15(7-11)23(25)26/h1-8,10H,(H,22,24)/b13-6+,21-10+. The van der Waals surface area contributed by atoms with Gasteiger partial charge in [-0.3, -0.25) is 14.9 Å². The lowest BCUT2D eigenvalue weighted by Crippen LogP contribution is -2.19. The average molecular weight is 389 g/mol. The summed E-state index contributed by atoms with van der Waals surface area (Å²) in [6.07, 6.45) is 2.53. The number of nitro benzene ring substituents is 1. The molecule has 0 bridgehead atoms. The van der Waals surface area contributed by atoms with E-state index in [1.165, 1.54) is 42.6 Å². The van der Waals surface area contributed by atoms with Crippen LogP contribution in [-0.2, 0) is 4.79 Å². The monoisotopic (exact) mass is 388 g/mol. The number of hydrogen-bond donors (Lipinski definition) is 1. The van der Waals surface area contributed by atoms with E-state index in [9.17, 15) is 14.9 Å². The molecular formula is C17H10Cl2N4O3. The SMILES string of the molecule is N#C/C(=C\c1cccc([N+](=O)[O-])c1)C(=O)N/N=C/c1ccc(Cl)cc1Cl. The van der Waals surface area contributed by atoms with Crippen LogP contribution in [0.1, 0.15) is 11.1 Å². The third-order valence-electron chi connectivity index (χ3n) is 3.09. The highest BCUT2D eigenvalue weighted by Crippen LogP contribution is 2.19. The number of rotatable bonds is 5. The van der Waals surface area contributed by atoms with Crippen molar-refractivity contribution in [3.05, 3.63) is 79.3 Å². The maximum atomic E-state index is 12.0. The smallest absolute Gasteiger partial charge is 0.267 e. The van der Waals surface area contributed by atoms with Crippen LogP contribution in [-0.4, -0.2) is 17.0 Å². The minimum atomic E-state index is -0.764. The summed E-state index contributed by atoms with van der Waals surface area (Å²) >= 11 is 11.8. The summed E-state index contributed by atoms with van der Waals surface area (Å²) in [5.74, 6) is -0.764. The summed E-state index contributed by atoms with van der Waals surface area (Å²) < 4.78 is 0. The van der Waals surface area contributed by atoms with E-state index in [2.05, 4.69) is 10.5 Å². The van der Waals surface area contributed by atoms with E-state index >= 15 is 0 Å². The van der Waals surface area contributed by atoms with Crippen LogP contribution in [0, 0.1) is 21.4 Å². The van der Waals surface area contributed by atoms with Crippen LogP contribution < -0.4 is 5.43 Å². The van der Waals surface area contributed by atoms with Crippen molar-refractivity contribution in [1.82, 2.24) is 5.43 Å². The molecule has 26 heavy (non-hydrogen) atoms. The van der Waals surface area contributed by atoms with Crippen molar-refractivity contribution in [1.29, 1.82) is 5.26 Å². The Balaban J connectivity index is 2.13. The summed E-state index contributed by atoms with van der Waals surface area (Å²) in [6.45, 7) is 0. The molecule has 0 unspecified atom stereocenters. The average Bonchev–Trinajstić information content (AvgIpc) is 2.61. The predicted molar refractivity (Wildman–Crippen MR) is 98.9 cm³/mol. The van der Waals surface area contributed by atoms with Gasteiger partial charge in [-0.2, -0.15) is 10.4 Å². The van der Waals surface area contributed by atoms with Crippen molar-refractivity contribution in [2.24, 2.45) is 5.10 Å². The Bertz CT molecular complexity index is 965. The van der Waals surface area contributed by atoms with Gasteiger partial charge in [0, 0.05) is 22.7 Å². The number of nitro groups is 1. The molecule has 9 heteroatoms. The van der Waals surface area contributed by atoms with Crippen LogP contribution in [0.15, 0.2) is 53.1 Å². The van der Waals surface area contributed by atoms with Gasteiger partial charge in [-0.05, 0) is 23.8 Å². The van der Waals surface area contributed by atoms with Crippen LogP contribution in [0.2, 0.25) is 10.0 Å². The number of nitriles is 1. The zero-order valence-corrected chi connectivity index (χ0v) is 14.5. The van der Waals surface area contributed by atoms with Crippen LogP contribution in [0.5, 0.6) is 0 Å². The maximum absolute atomic E-state index is 12.0. The molecular weight excluding hydrogens is 379 g/mol. The molecule has 0 radical (unpaired) electrons. The Morgan fingerprint density at radius 3 is 2.69 bits per heavy atom. The number of nitrogens with one attached hydrogen (secondary N) is 1. The molecule has 0 aliphatic rings. The van der Waals surface area contributed by atoms with E-state index in [1.54, 1.807) is 18.2 Å². The normalized spacial score (nSPS) is 11.2. The van der Waals surface area contributed by atoms with Crippen molar-refractivity contribution in [3.8, 4) is 6.07 Å².